The highest BCUT2D eigenvalue weighted by Gasteiger charge is 2.16. The number of fused-ring (bicyclic) bond motifs is 1. The second-order valence-corrected chi connectivity index (χ2v) is 7.71. The Morgan fingerprint density at radius 2 is 1.84 bits per heavy atom. The third-order valence-electron chi connectivity index (χ3n) is 5.49. The van der Waals surface area contributed by atoms with E-state index in [4.69, 9.17) is 4.74 Å². The molecule has 0 bridgehead atoms. The molecule has 7 nitrogen and oxygen atoms in total. The molecule has 0 spiro atoms. The Bertz CT molecular complexity index is 1020. The van der Waals surface area contributed by atoms with Crippen LogP contribution in [0.3, 0.4) is 0 Å². The van der Waals surface area contributed by atoms with E-state index < -0.39 is 4.92 Å². The van der Waals surface area contributed by atoms with Gasteiger partial charge in [-0.1, -0.05) is 31.4 Å². The molecule has 2 aromatic carbocycles. The number of halogens is 1. The Balaban J connectivity index is 0.00000171. The van der Waals surface area contributed by atoms with Crippen molar-refractivity contribution in [3.63, 3.8) is 0 Å². The maximum Gasteiger partial charge on any atom is 0.295 e. The molecule has 0 saturated heterocycles. The van der Waals surface area contributed by atoms with E-state index in [2.05, 4.69) is 10.3 Å². The lowest BCUT2D eigenvalue weighted by Crippen LogP contribution is -2.15. The SMILES string of the molecule is Cc1cc(Nc2ccc(OCC3CCCCC3)cc2)c2cccc([N+](=O)[O-])c2n1.Cl.O. The molecule has 1 fully saturated rings. The molecular weight excluding hydrogens is 418 g/mol. The lowest BCUT2D eigenvalue weighted by Gasteiger charge is -2.21. The van der Waals surface area contributed by atoms with Crippen LogP contribution < -0.4 is 10.1 Å². The molecule has 8 heteroatoms. The van der Waals surface area contributed by atoms with Crippen molar-refractivity contribution in [2.24, 2.45) is 5.92 Å². The number of non-ortho nitro benzene ring substituents is 1. The number of aryl methyl sites for hydroxylation is 1. The molecule has 4 rings (SSSR count). The summed E-state index contributed by atoms with van der Waals surface area (Å²) in [6.07, 6.45) is 6.51. The number of hydrogen-bond donors (Lipinski definition) is 1. The molecule has 0 amide bonds. The summed E-state index contributed by atoms with van der Waals surface area (Å²) in [6, 6.07) is 14.8. The minimum absolute atomic E-state index is 0. The van der Waals surface area contributed by atoms with E-state index in [1.165, 1.54) is 38.2 Å². The first kappa shape index (κ1) is 24.4. The molecule has 0 aliphatic heterocycles. The summed E-state index contributed by atoms with van der Waals surface area (Å²) in [6.45, 7) is 2.62. The quantitative estimate of drug-likeness (QED) is 0.383. The minimum Gasteiger partial charge on any atom is -0.493 e. The number of nitrogens with zero attached hydrogens (tertiary/aromatic N) is 2. The Labute approximate surface area is 187 Å². The van der Waals surface area contributed by atoms with Crippen molar-refractivity contribution < 1.29 is 15.1 Å². The lowest BCUT2D eigenvalue weighted by molar-refractivity contribution is -0.383. The van der Waals surface area contributed by atoms with Crippen LogP contribution in [0, 0.1) is 23.0 Å². The largest absolute Gasteiger partial charge is 0.493 e. The number of pyridine rings is 1. The molecule has 0 atom stereocenters. The number of nitro groups is 1. The Kier molecular flexibility index (Phi) is 8.59. The van der Waals surface area contributed by atoms with E-state index in [1.54, 1.807) is 6.07 Å². The number of nitro benzene ring substituents is 1. The minimum atomic E-state index is -0.392. The standard InChI is InChI=1S/C23H25N3O3.ClH.H2O/c1-16-14-21(20-8-5-9-22(26(27)28)23(20)24-16)25-18-10-12-19(13-11-18)29-15-17-6-3-2-4-7-17;;/h5,8-14,17H,2-4,6-7,15H2,1H3,(H,24,25);1H;1H2. The average Bonchev–Trinajstić information content (AvgIpc) is 2.73. The van der Waals surface area contributed by atoms with E-state index in [0.717, 1.165) is 34.8 Å². The van der Waals surface area contributed by atoms with E-state index in [9.17, 15) is 10.1 Å². The Hall–Kier alpha value is -2.90. The van der Waals surface area contributed by atoms with Crippen LogP contribution >= 0.6 is 12.4 Å². The normalized spacial score (nSPS) is 13.7. The molecule has 0 radical (unpaired) electrons. The van der Waals surface area contributed by atoms with Crippen LogP contribution in [0.4, 0.5) is 17.1 Å². The molecule has 31 heavy (non-hydrogen) atoms. The molecule has 1 heterocycles. The van der Waals surface area contributed by atoms with Gasteiger partial charge in [-0.15, -0.1) is 12.4 Å². The average molecular weight is 446 g/mol. The molecule has 1 aliphatic rings. The fourth-order valence-corrected chi connectivity index (χ4v) is 3.97. The van der Waals surface area contributed by atoms with Gasteiger partial charge >= 0.3 is 0 Å². The molecule has 1 saturated carbocycles. The topological polar surface area (TPSA) is 109 Å². The monoisotopic (exact) mass is 445 g/mol. The highest BCUT2D eigenvalue weighted by Crippen LogP contribution is 2.32. The second kappa shape index (κ2) is 10.9. The number of nitrogens with one attached hydrogen (secondary N) is 1. The first-order chi connectivity index (χ1) is 14.1. The van der Waals surface area contributed by atoms with E-state index in [-0.39, 0.29) is 23.6 Å². The lowest BCUT2D eigenvalue weighted by atomic mass is 9.90. The van der Waals surface area contributed by atoms with Crippen LogP contribution in [0.25, 0.3) is 10.9 Å². The van der Waals surface area contributed by atoms with E-state index in [0.29, 0.717) is 11.4 Å². The Morgan fingerprint density at radius 3 is 2.52 bits per heavy atom. The van der Waals surface area contributed by atoms with Crippen molar-refractivity contribution in [1.29, 1.82) is 0 Å². The predicted octanol–water partition coefficient (Wildman–Crippen LogP) is 5.75. The highest BCUT2D eigenvalue weighted by atomic mass is 35.5. The van der Waals surface area contributed by atoms with Gasteiger partial charge in [0.25, 0.3) is 5.69 Å². The third kappa shape index (κ3) is 5.83. The molecule has 166 valence electrons. The van der Waals surface area contributed by atoms with Gasteiger partial charge in [-0.05, 0) is 56.0 Å². The summed E-state index contributed by atoms with van der Waals surface area (Å²) in [5.41, 5.74) is 2.83. The molecule has 1 aromatic heterocycles. The van der Waals surface area contributed by atoms with Crippen LogP contribution in [0.1, 0.15) is 37.8 Å². The van der Waals surface area contributed by atoms with E-state index >= 15 is 0 Å². The van der Waals surface area contributed by atoms with Crippen molar-refractivity contribution in [2.45, 2.75) is 39.0 Å². The molecule has 1 aliphatic carbocycles. The van der Waals surface area contributed by atoms with Crippen LogP contribution in [0.15, 0.2) is 48.5 Å². The summed E-state index contributed by atoms with van der Waals surface area (Å²) < 4.78 is 5.97. The number of benzene rings is 2. The van der Waals surface area contributed by atoms with Crippen molar-refractivity contribution in [1.82, 2.24) is 4.98 Å². The molecule has 3 N–H and O–H groups in total. The fourth-order valence-electron chi connectivity index (χ4n) is 3.97. The summed E-state index contributed by atoms with van der Waals surface area (Å²) in [5, 5.41) is 15.4. The van der Waals surface area contributed by atoms with Crippen LogP contribution in [-0.4, -0.2) is 22.0 Å². The summed E-state index contributed by atoms with van der Waals surface area (Å²) in [7, 11) is 0. The van der Waals surface area contributed by atoms with Crippen molar-refractivity contribution in [3.05, 3.63) is 64.3 Å². The molecular formula is C23H28ClN3O4. The maximum absolute atomic E-state index is 11.3. The van der Waals surface area contributed by atoms with Gasteiger partial charge in [0.1, 0.15) is 5.75 Å². The van der Waals surface area contributed by atoms with Crippen LogP contribution in [-0.2, 0) is 0 Å². The Morgan fingerprint density at radius 1 is 1.13 bits per heavy atom. The summed E-state index contributed by atoms with van der Waals surface area (Å²) in [4.78, 5) is 15.3. The number of anilines is 2. The van der Waals surface area contributed by atoms with Crippen molar-refractivity contribution in [2.75, 3.05) is 11.9 Å². The number of ether oxygens (including phenoxy) is 1. The first-order valence-electron chi connectivity index (χ1n) is 10.1. The predicted molar refractivity (Wildman–Crippen MR) is 126 cm³/mol. The zero-order valence-electron chi connectivity index (χ0n) is 17.5. The molecule has 0 unspecified atom stereocenters. The van der Waals surface area contributed by atoms with Gasteiger partial charge in [-0.25, -0.2) is 4.98 Å². The number of para-hydroxylation sites is 1. The van der Waals surface area contributed by atoms with Crippen LogP contribution in [0.2, 0.25) is 0 Å². The maximum atomic E-state index is 11.3. The summed E-state index contributed by atoms with van der Waals surface area (Å²) in [5.74, 6) is 1.54. The zero-order chi connectivity index (χ0) is 20.2. The van der Waals surface area contributed by atoms with Gasteiger partial charge < -0.3 is 15.5 Å². The van der Waals surface area contributed by atoms with Crippen molar-refractivity contribution in [3.8, 4) is 5.75 Å². The third-order valence-corrected chi connectivity index (χ3v) is 5.49. The van der Waals surface area contributed by atoms with Crippen LogP contribution in [0.5, 0.6) is 5.75 Å². The van der Waals surface area contributed by atoms with Gasteiger partial charge in [0.15, 0.2) is 5.52 Å². The number of hydrogen-bond acceptors (Lipinski definition) is 5. The summed E-state index contributed by atoms with van der Waals surface area (Å²) >= 11 is 0. The van der Waals surface area contributed by atoms with Gasteiger partial charge in [-0.3, -0.25) is 10.1 Å². The number of aromatic nitrogens is 1. The van der Waals surface area contributed by atoms with Gasteiger partial charge in [0, 0.05) is 22.8 Å². The highest BCUT2D eigenvalue weighted by molar-refractivity contribution is 5.98. The fraction of sp³-hybridized carbons (Fsp3) is 0.348. The van der Waals surface area contributed by atoms with Crippen molar-refractivity contribution >= 4 is 40.4 Å². The second-order valence-electron chi connectivity index (χ2n) is 7.71. The van der Waals surface area contributed by atoms with Gasteiger partial charge in [-0.2, -0.15) is 0 Å². The van der Waals surface area contributed by atoms with E-state index in [1.807, 2.05) is 43.3 Å². The zero-order valence-corrected chi connectivity index (χ0v) is 18.3. The first-order valence-corrected chi connectivity index (χ1v) is 10.1. The smallest absolute Gasteiger partial charge is 0.295 e. The molecule has 3 aromatic rings. The van der Waals surface area contributed by atoms with Gasteiger partial charge in [0.05, 0.1) is 17.2 Å². The number of rotatable bonds is 6. The van der Waals surface area contributed by atoms with Gasteiger partial charge in [0.2, 0.25) is 0 Å².